The summed E-state index contributed by atoms with van der Waals surface area (Å²) in [6.45, 7) is 1.84. The van der Waals surface area contributed by atoms with Gasteiger partial charge in [-0.2, -0.15) is 0 Å². The Morgan fingerprint density at radius 3 is 2.68 bits per heavy atom. The van der Waals surface area contributed by atoms with Crippen LogP contribution >= 0.6 is 11.5 Å². The second-order valence-corrected chi connectivity index (χ2v) is 9.97. The first-order chi connectivity index (χ1) is 18.1. The van der Waals surface area contributed by atoms with Crippen molar-refractivity contribution in [3.05, 3.63) is 89.9 Å². The van der Waals surface area contributed by atoms with Crippen LogP contribution in [0.25, 0.3) is 15.9 Å². The van der Waals surface area contributed by atoms with Crippen LogP contribution in [-0.2, 0) is 6.54 Å². The van der Waals surface area contributed by atoms with Gasteiger partial charge in [0.1, 0.15) is 11.2 Å². The number of aromatic nitrogens is 4. The molecule has 1 aliphatic heterocycles. The summed E-state index contributed by atoms with van der Waals surface area (Å²) in [5.41, 5.74) is 5.22. The number of rotatable bonds is 5. The van der Waals surface area contributed by atoms with E-state index in [1.54, 1.807) is 6.20 Å². The molecule has 0 saturated carbocycles. The largest absolute Gasteiger partial charge is 0.339 e. The Balaban J connectivity index is 0.998. The maximum absolute atomic E-state index is 13.0. The topological polar surface area (TPSA) is 105 Å². The molecule has 0 spiro atoms. The van der Waals surface area contributed by atoms with Crippen molar-refractivity contribution in [1.29, 1.82) is 0 Å². The van der Waals surface area contributed by atoms with E-state index in [0.717, 1.165) is 40.0 Å². The lowest BCUT2D eigenvalue weighted by molar-refractivity contribution is 0.0713. The van der Waals surface area contributed by atoms with Crippen molar-refractivity contribution in [2.24, 2.45) is 0 Å². The number of carbonyl (C=O) groups is 2. The second-order valence-electron chi connectivity index (χ2n) is 9.18. The molecule has 0 aliphatic carbocycles. The van der Waals surface area contributed by atoms with Crippen LogP contribution in [0.3, 0.4) is 0 Å². The van der Waals surface area contributed by atoms with Crippen molar-refractivity contribution < 1.29 is 9.59 Å². The molecule has 2 aromatic carbocycles. The molecule has 1 aliphatic rings. The minimum absolute atomic E-state index is 0.0450. The monoisotopic (exact) mass is 511 g/mol. The fraction of sp³-hybridized carbons (Fsp3) is 0.222. The number of benzene rings is 2. The van der Waals surface area contributed by atoms with E-state index in [1.165, 1.54) is 17.1 Å². The molecule has 6 rings (SSSR count). The van der Waals surface area contributed by atoms with Gasteiger partial charge in [-0.25, -0.2) is 9.78 Å². The summed E-state index contributed by atoms with van der Waals surface area (Å²) in [6, 6.07) is 17.2. The molecule has 0 radical (unpaired) electrons. The molecule has 1 saturated heterocycles. The molecule has 0 bridgehead atoms. The highest BCUT2D eigenvalue weighted by molar-refractivity contribution is 7.12. The van der Waals surface area contributed by atoms with Gasteiger partial charge in [-0.15, -0.1) is 5.10 Å². The normalized spacial score (nSPS) is 14.2. The van der Waals surface area contributed by atoms with Gasteiger partial charge in [-0.3, -0.25) is 4.79 Å². The molecule has 5 aromatic rings. The highest BCUT2D eigenvalue weighted by Crippen LogP contribution is 2.30. The highest BCUT2D eigenvalue weighted by Gasteiger charge is 2.25. The van der Waals surface area contributed by atoms with Gasteiger partial charge in [0.2, 0.25) is 0 Å². The first-order valence-corrected chi connectivity index (χ1v) is 13.0. The summed E-state index contributed by atoms with van der Waals surface area (Å²) < 4.78 is 6.85. The van der Waals surface area contributed by atoms with Gasteiger partial charge < -0.3 is 19.9 Å². The second kappa shape index (κ2) is 9.98. The zero-order valence-corrected chi connectivity index (χ0v) is 20.8. The summed E-state index contributed by atoms with van der Waals surface area (Å²) in [4.78, 5) is 31.5. The number of likely N-dealkylation sites (tertiary alicyclic amines) is 1. The maximum atomic E-state index is 13.0. The Morgan fingerprint density at radius 1 is 1.00 bits per heavy atom. The van der Waals surface area contributed by atoms with Crippen molar-refractivity contribution in [3.8, 4) is 0 Å². The average Bonchev–Trinajstić information content (AvgIpc) is 3.61. The first kappa shape index (κ1) is 23.1. The van der Waals surface area contributed by atoms with E-state index in [4.69, 9.17) is 0 Å². The molecule has 2 N–H and O–H groups in total. The summed E-state index contributed by atoms with van der Waals surface area (Å²) in [6.07, 6.45) is 7.36. The van der Waals surface area contributed by atoms with E-state index in [1.807, 2.05) is 64.2 Å². The third-order valence-electron chi connectivity index (χ3n) is 6.83. The number of hydrogen-bond acceptors (Lipinski definition) is 6. The van der Waals surface area contributed by atoms with Gasteiger partial charge in [-0.05, 0) is 83.9 Å². The molecule has 1 fully saturated rings. The van der Waals surface area contributed by atoms with Gasteiger partial charge >= 0.3 is 6.03 Å². The van der Waals surface area contributed by atoms with Crippen molar-refractivity contribution >= 4 is 45.0 Å². The molecule has 4 heterocycles. The van der Waals surface area contributed by atoms with Crippen LogP contribution in [0.2, 0.25) is 0 Å². The molecule has 9 nitrogen and oxygen atoms in total. The minimum atomic E-state index is -0.255. The van der Waals surface area contributed by atoms with Crippen LogP contribution < -0.4 is 10.6 Å². The zero-order valence-electron chi connectivity index (χ0n) is 20.0. The van der Waals surface area contributed by atoms with E-state index in [-0.39, 0.29) is 11.9 Å². The average molecular weight is 512 g/mol. The Kier molecular flexibility index (Phi) is 6.23. The predicted molar refractivity (Wildman–Crippen MR) is 143 cm³/mol. The molecule has 3 aromatic heterocycles. The Bertz CT molecular complexity index is 1570. The maximum Gasteiger partial charge on any atom is 0.319 e. The van der Waals surface area contributed by atoms with E-state index < -0.39 is 0 Å². The molecule has 186 valence electrons. The Labute approximate surface area is 217 Å². The van der Waals surface area contributed by atoms with Gasteiger partial charge in [-0.1, -0.05) is 16.6 Å². The minimum Gasteiger partial charge on any atom is -0.339 e. The number of pyridine rings is 1. The van der Waals surface area contributed by atoms with E-state index in [9.17, 15) is 9.59 Å². The summed E-state index contributed by atoms with van der Waals surface area (Å²) in [7, 11) is 0. The van der Waals surface area contributed by atoms with Crippen molar-refractivity contribution in [1.82, 2.24) is 29.2 Å². The van der Waals surface area contributed by atoms with Crippen molar-refractivity contribution in [2.45, 2.75) is 25.3 Å². The fourth-order valence-corrected chi connectivity index (χ4v) is 5.31. The number of amides is 3. The van der Waals surface area contributed by atoms with Gasteiger partial charge in [0, 0.05) is 49.5 Å². The summed E-state index contributed by atoms with van der Waals surface area (Å²) in [5, 5.41) is 9.86. The SMILES string of the molecule is O=C(NCc1ccn2ccnc2c1)Nc1ccc(C2CCN(C(=O)c3ccc4snnc4c3)CC2)cc1. The zero-order chi connectivity index (χ0) is 25.2. The van der Waals surface area contributed by atoms with Crippen LogP contribution in [0.4, 0.5) is 10.5 Å². The highest BCUT2D eigenvalue weighted by atomic mass is 32.1. The number of anilines is 1. The molecule has 0 atom stereocenters. The van der Waals surface area contributed by atoms with Gasteiger partial charge in [0.25, 0.3) is 5.91 Å². The van der Waals surface area contributed by atoms with E-state index in [0.29, 0.717) is 31.1 Å². The van der Waals surface area contributed by atoms with Crippen molar-refractivity contribution in [3.63, 3.8) is 0 Å². The molecule has 10 heteroatoms. The lowest BCUT2D eigenvalue weighted by atomic mass is 9.89. The standard InChI is InChI=1S/C27H25N7O2S/c35-26(21-3-6-24-23(16-21)31-32-37-24)34-12-8-20(9-13-34)19-1-4-22(5-2-19)30-27(36)29-17-18-7-11-33-14-10-28-25(33)15-18/h1-7,10-11,14-16,20H,8-9,12-13,17H2,(H2,29,30,36). The first-order valence-electron chi connectivity index (χ1n) is 12.2. The lowest BCUT2D eigenvalue weighted by Gasteiger charge is -2.32. The van der Waals surface area contributed by atoms with Crippen LogP contribution in [-0.4, -0.2) is 48.9 Å². The Hall–Kier alpha value is -4.31. The smallest absolute Gasteiger partial charge is 0.319 e. The summed E-state index contributed by atoms with van der Waals surface area (Å²) >= 11 is 1.33. The van der Waals surface area contributed by atoms with Crippen LogP contribution in [0.5, 0.6) is 0 Å². The number of piperidine rings is 1. The van der Waals surface area contributed by atoms with Crippen molar-refractivity contribution in [2.75, 3.05) is 18.4 Å². The number of hydrogen-bond donors (Lipinski definition) is 2. The summed E-state index contributed by atoms with van der Waals surface area (Å²) in [5.74, 6) is 0.429. The number of nitrogens with one attached hydrogen (secondary N) is 2. The molecule has 37 heavy (non-hydrogen) atoms. The molecule has 0 unspecified atom stereocenters. The van der Waals surface area contributed by atoms with Gasteiger partial charge in [0.05, 0.1) is 4.70 Å². The number of carbonyl (C=O) groups excluding carboxylic acids is 2. The van der Waals surface area contributed by atoms with Crippen LogP contribution in [0.1, 0.15) is 40.2 Å². The third kappa shape index (κ3) is 5.01. The van der Waals surface area contributed by atoms with E-state index in [2.05, 4.69) is 37.3 Å². The molecular weight excluding hydrogens is 486 g/mol. The number of imidazole rings is 1. The number of nitrogens with zero attached hydrogens (tertiary/aromatic N) is 5. The number of fused-ring (bicyclic) bond motifs is 2. The molecule has 3 amide bonds. The predicted octanol–water partition coefficient (Wildman–Crippen LogP) is 4.68. The third-order valence-corrected chi connectivity index (χ3v) is 7.54. The quantitative estimate of drug-likeness (QED) is 0.357. The lowest BCUT2D eigenvalue weighted by Crippen LogP contribution is -2.37. The fourth-order valence-electron chi connectivity index (χ4n) is 4.77. The van der Waals surface area contributed by atoms with E-state index >= 15 is 0 Å². The van der Waals surface area contributed by atoms with Crippen LogP contribution in [0.15, 0.2) is 73.2 Å². The number of urea groups is 1. The van der Waals surface area contributed by atoms with Crippen LogP contribution in [0, 0.1) is 0 Å². The molecular formula is C27H25N7O2S. The Morgan fingerprint density at radius 2 is 1.84 bits per heavy atom. The van der Waals surface area contributed by atoms with Gasteiger partial charge in [0.15, 0.2) is 0 Å².